The Hall–Kier alpha value is -1.26. The number of carboxylic acids is 1. The molecule has 17 heavy (non-hydrogen) atoms. The zero-order chi connectivity index (χ0) is 12.8. The molecule has 0 aromatic heterocycles. The van der Waals surface area contributed by atoms with E-state index in [0.717, 1.165) is 19.3 Å². The highest BCUT2D eigenvalue weighted by molar-refractivity contribution is 5.82. The minimum atomic E-state index is -0.974. The van der Waals surface area contributed by atoms with E-state index in [2.05, 4.69) is 10.6 Å². The highest BCUT2D eigenvalue weighted by Gasteiger charge is 2.25. The number of hydrogen-bond acceptors (Lipinski definition) is 2. The predicted octanol–water partition coefficient (Wildman–Crippen LogP) is 1.59. The molecule has 1 saturated carbocycles. The van der Waals surface area contributed by atoms with E-state index in [4.69, 9.17) is 5.11 Å². The van der Waals surface area contributed by atoms with Crippen LogP contribution in [0.3, 0.4) is 0 Å². The van der Waals surface area contributed by atoms with E-state index in [1.54, 1.807) is 0 Å². The van der Waals surface area contributed by atoms with E-state index in [9.17, 15) is 9.59 Å². The van der Waals surface area contributed by atoms with Crippen molar-refractivity contribution in [1.29, 1.82) is 0 Å². The van der Waals surface area contributed by atoms with Crippen LogP contribution < -0.4 is 10.6 Å². The van der Waals surface area contributed by atoms with Gasteiger partial charge in [-0.1, -0.05) is 26.7 Å². The van der Waals surface area contributed by atoms with Crippen LogP contribution in [0.5, 0.6) is 0 Å². The molecule has 0 aromatic rings. The minimum absolute atomic E-state index is 0.0676. The number of hydrogen-bond donors (Lipinski definition) is 3. The van der Waals surface area contributed by atoms with Gasteiger partial charge in [-0.2, -0.15) is 0 Å². The SMILES string of the molecule is CC[C@H](C)[C@H](NC(=O)NCC1CCC1)C(=O)O. The third-order valence-corrected chi connectivity index (χ3v) is 3.54. The molecular formula is C12H22N2O3. The number of carbonyl (C=O) groups excluding carboxylic acids is 1. The van der Waals surface area contributed by atoms with Crippen LogP contribution in [0.25, 0.3) is 0 Å². The van der Waals surface area contributed by atoms with Crippen LogP contribution in [0.1, 0.15) is 39.5 Å². The Morgan fingerprint density at radius 3 is 2.47 bits per heavy atom. The average Bonchev–Trinajstić information content (AvgIpc) is 2.22. The number of amides is 2. The summed E-state index contributed by atoms with van der Waals surface area (Å²) in [5, 5.41) is 14.3. The summed E-state index contributed by atoms with van der Waals surface area (Å²) in [5.41, 5.74) is 0. The van der Waals surface area contributed by atoms with E-state index < -0.39 is 12.0 Å². The lowest BCUT2D eigenvalue weighted by atomic mass is 9.85. The number of rotatable bonds is 6. The molecule has 0 heterocycles. The first-order valence-electron chi connectivity index (χ1n) is 6.31. The summed E-state index contributed by atoms with van der Waals surface area (Å²) in [6, 6.07) is -1.18. The van der Waals surface area contributed by atoms with E-state index >= 15 is 0 Å². The Labute approximate surface area is 102 Å². The first kappa shape index (κ1) is 13.8. The maximum absolute atomic E-state index is 11.5. The van der Waals surface area contributed by atoms with Gasteiger partial charge in [0, 0.05) is 6.54 Å². The van der Waals surface area contributed by atoms with Gasteiger partial charge in [-0.3, -0.25) is 0 Å². The summed E-state index contributed by atoms with van der Waals surface area (Å²) in [6.07, 6.45) is 4.28. The molecule has 1 fully saturated rings. The average molecular weight is 242 g/mol. The lowest BCUT2D eigenvalue weighted by Gasteiger charge is -2.26. The molecule has 0 spiro atoms. The first-order valence-corrected chi connectivity index (χ1v) is 6.31. The fraction of sp³-hybridized carbons (Fsp3) is 0.833. The van der Waals surface area contributed by atoms with Crippen molar-refractivity contribution >= 4 is 12.0 Å². The Morgan fingerprint density at radius 1 is 1.41 bits per heavy atom. The van der Waals surface area contributed by atoms with Crippen molar-refractivity contribution in [3.63, 3.8) is 0 Å². The standard InChI is InChI=1S/C12H22N2O3/c1-3-8(2)10(11(15)16)14-12(17)13-7-9-5-4-6-9/h8-10H,3-7H2,1-2H3,(H,15,16)(H2,13,14,17)/t8-,10-/m0/s1. The van der Waals surface area contributed by atoms with Gasteiger partial charge in [-0.05, 0) is 24.7 Å². The molecule has 0 aromatic carbocycles. The Bertz CT molecular complexity index is 277. The van der Waals surface area contributed by atoms with Crippen molar-refractivity contribution in [1.82, 2.24) is 10.6 Å². The quantitative estimate of drug-likeness (QED) is 0.661. The minimum Gasteiger partial charge on any atom is -0.480 e. The van der Waals surface area contributed by atoms with Crippen molar-refractivity contribution in [3.05, 3.63) is 0 Å². The molecule has 0 unspecified atom stereocenters. The van der Waals surface area contributed by atoms with Gasteiger partial charge in [-0.25, -0.2) is 9.59 Å². The number of carboxylic acid groups (broad SMARTS) is 1. The monoisotopic (exact) mass is 242 g/mol. The smallest absolute Gasteiger partial charge is 0.326 e. The highest BCUT2D eigenvalue weighted by Crippen LogP contribution is 2.25. The normalized spacial score (nSPS) is 18.9. The van der Waals surface area contributed by atoms with Crippen molar-refractivity contribution in [2.24, 2.45) is 11.8 Å². The van der Waals surface area contributed by atoms with E-state index in [1.807, 2.05) is 13.8 Å². The first-order chi connectivity index (χ1) is 8.04. The Kier molecular flexibility index (Phi) is 5.25. The van der Waals surface area contributed by atoms with Crippen LogP contribution in [0, 0.1) is 11.8 Å². The number of urea groups is 1. The summed E-state index contributed by atoms with van der Waals surface area (Å²) < 4.78 is 0. The van der Waals surface area contributed by atoms with Gasteiger partial charge in [0.05, 0.1) is 0 Å². The summed E-state index contributed by atoms with van der Waals surface area (Å²) in [7, 11) is 0. The Balaban J connectivity index is 2.32. The van der Waals surface area contributed by atoms with Gasteiger partial charge in [-0.15, -0.1) is 0 Å². The highest BCUT2D eigenvalue weighted by atomic mass is 16.4. The van der Waals surface area contributed by atoms with Crippen molar-refractivity contribution in [2.45, 2.75) is 45.6 Å². The molecule has 5 nitrogen and oxygen atoms in total. The predicted molar refractivity (Wildman–Crippen MR) is 64.8 cm³/mol. The maximum atomic E-state index is 11.5. The molecule has 0 bridgehead atoms. The van der Waals surface area contributed by atoms with Gasteiger partial charge in [0.2, 0.25) is 0 Å². The van der Waals surface area contributed by atoms with Gasteiger partial charge in [0.1, 0.15) is 6.04 Å². The number of aliphatic carboxylic acids is 1. The lowest BCUT2D eigenvalue weighted by Crippen LogP contribution is -2.50. The maximum Gasteiger partial charge on any atom is 0.326 e. The van der Waals surface area contributed by atoms with Crippen LogP contribution in [0.15, 0.2) is 0 Å². The fourth-order valence-electron chi connectivity index (χ4n) is 1.81. The van der Waals surface area contributed by atoms with Crippen LogP contribution in [-0.4, -0.2) is 29.7 Å². The fourth-order valence-corrected chi connectivity index (χ4v) is 1.81. The molecule has 98 valence electrons. The molecule has 5 heteroatoms. The second kappa shape index (κ2) is 6.47. The number of nitrogens with one attached hydrogen (secondary N) is 2. The zero-order valence-corrected chi connectivity index (χ0v) is 10.5. The van der Waals surface area contributed by atoms with E-state index in [1.165, 1.54) is 6.42 Å². The van der Waals surface area contributed by atoms with E-state index in [-0.39, 0.29) is 11.9 Å². The lowest BCUT2D eigenvalue weighted by molar-refractivity contribution is -0.140. The molecule has 1 aliphatic rings. The largest absolute Gasteiger partial charge is 0.480 e. The van der Waals surface area contributed by atoms with Crippen LogP contribution >= 0.6 is 0 Å². The van der Waals surface area contributed by atoms with Crippen molar-refractivity contribution < 1.29 is 14.7 Å². The van der Waals surface area contributed by atoms with Gasteiger partial charge in [0.25, 0.3) is 0 Å². The second-order valence-electron chi connectivity index (χ2n) is 4.85. The second-order valence-corrected chi connectivity index (χ2v) is 4.85. The van der Waals surface area contributed by atoms with Crippen LogP contribution in [0.4, 0.5) is 4.79 Å². The summed E-state index contributed by atoms with van der Waals surface area (Å²) in [5.74, 6) is -0.465. The molecule has 0 radical (unpaired) electrons. The van der Waals surface area contributed by atoms with Gasteiger partial charge >= 0.3 is 12.0 Å². The molecule has 1 rings (SSSR count). The molecule has 2 atom stereocenters. The van der Waals surface area contributed by atoms with Crippen molar-refractivity contribution in [3.8, 4) is 0 Å². The molecule has 1 aliphatic carbocycles. The molecule has 0 aliphatic heterocycles. The molecule has 0 saturated heterocycles. The van der Waals surface area contributed by atoms with Crippen LogP contribution in [0.2, 0.25) is 0 Å². The Morgan fingerprint density at radius 2 is 2.06 bits per heavy atom. The summed E-state index contributed by atoms with van der Waals surface area (Å²) in [4.78, 5) is 22.5. The summed E-state index contributed by atoms with van der Waals surface area (Å²) >= 11 is 0. The van der Waals surface area contributed by atoms with Gasteiger partial charge in [0.15, 0.2) is 0 Å². The molecule has 3 N–H and O–H groups in total. The third-order valence-electron chi connectivity index (χ3n) is 3.54. The third kappa shape index (κ3) is 4.24. The van der Waals surface area contributed by atoms with Gasteiger partial charge < -0.3 is 15.7 Å². The topological polar surface area (TPSA) is 78.4 Å². The van der Waals surface area contributed by atoms with E-state index in [0.29, 0.717) is 12.5 Å². The molecule has 2 amide bonds. The van der Waals surface area contributed by atoms with Crippen molar-refractivity contribution in [2.75, 3.05) is 6.54 Å². The number of carbonyl (C=O) groups is 2. The zero-order valence-electron chi connectivity index (χ0n) is 10.5. The summed E-state index contributed by atoms with van der Waals surface area (Å²) in [6.45, 7) is 4.39. The molecular weight excluding hydrogens is 220 g/mol. The van der Waals surface area contributed by atoms with Crippen LogP contribution in [-0.2, 0) is 4.79 Å².